The molecule has 1 aliphatic heterocycles. The molecule has 1 aromatic carbocycles. The molecular formula is C18H21N3O4. The predicted molar refractivity (Wildman–Crippen MR) is 91.4 cm³/mol. The fraction of sp³-hybridized carbons (Fsp3) is 0.389. The minimum Gasteiger partial charge on any atom is -0.395 e. The van der Waals surface area contributed by atoms with E-state index >= 15 is 0 Å². The highest BCUT2D eigenvalue weighted by Crippen LogP contribution is 2.20. The summed E-state index contributed by atoms with van der Waals surface area (Å²) in [5.41, 5.74) is 1.90. The second-order valence-electron chi connectivity index (χ2n) is 6.24. The lowest BCUT2D eigenvalue weighted by molar-refractivity contribution is -0.137. The molecule has 3 amide bonds. The number of nitrogens with zero attached hydrogens (tertiary/aromatic N) is 1. The van der Waals surface area contributed by atoms with Gasteiger partial charge < -0.3 is 15.7 Å². The summed E-state index contributed by atoms with van der Waals surface area (Å²) in [5.74, 6) is -0.798. The SMILES string of the molecule is O=C(CCc1ccc(NC2=CC(=O)N(CCO)C2=O)cc1)NC1CC1. The van der Waals surface area contributed by atoms with Gasteiger partial charge in [0.15, 0.2) is 0 Å². The molecule has 1 saturated carbocycles. The third kappa shape index (κ3) is 4.45. The van der Waals surface area contributed by atoms with Crippen LogP contribution in [0.4, 0.5) is 5.69 Å². The zero-order valence-electron chi connectivity index (χ0n) is 13.8. The molecule has 0 saturated heterocycles. The van der Waals surface area contributed by atoms with Crippen LogP contribution in [0.5, 0.6) is 0 Å². The third-order valence-electron chi connectivity index (χ3n) is 4.15. The smallest absolute Gasteiger partial charge is 0.277 e. The van der Waals surface area contributed by atoms with Gasteiger partial charge in [-0.15, -0.1) is 0 Å². The van der Waals surface area contributed by atoms with E-state index in [4.69, 9.17) is 5.11 Å². The number of aryl methyl sites for hydroxylation is 1. The lowest BCUT2D eigenvalue weighted by atomic mass is 10.1. The summed E-state index contributed by atoms with van der Waals surface area (Å²) >= 11 is 0. The minimum atomic E-state index is -0.445. The molecule has 25 heavy (non-hydrogen) atoms. The fourth-order valence-electron chi connectivity index (χ4n) is 2.61. The van der Waals surface area contributed by atoms with Gasteiger partial charge in [0, 0.05) is 24.2 Å². The second-order valence-corrected chi connectivity index (χ2v) is 6.24. The topological polar surface area (TPSA) is 98.7 Å². The number of nitrogens with one attached hydrogen (secondary N) is 2. The Bertz CT molecular complexity index is 708. The summed E-state index contributed by atoms with van der Waals surface area (Å²) < 4.78 is 0. The van der Waals surface area contributed by atoms with E-state index in [9.17, 15) is 14.4 Å². The summed E-state index contributed by atoms with van der Waals surface area (Å²) in [5, 5.41) is 14.8. The Morgan fingerprint density at radius 3 is 2.56 bits per heavy atom. The Morgan fingerprint density at radius 2 is 1.92 bits per heavy atom. The van der Waals surface area contributed by atoms with Crippen LogP contribution in [0.15, 0.2) is 36.0 Å². The van der Waals surface area contributed by atoms with Gasteiger partial charge in [-0.1, -0.05) is 12.1 Å². The number of carbonyl (C=O) groups excluding carboxylic acids is 3. The molecule has 0 bridgehead atoms. The Hall–Kier alpha value is -2.67. The third-order valence-corrected chi connectivity index (χ3v) is 4.15. The molecule has 0 aromatic heterocycles. The van der Waals surface area contributed by atoms with Crippen molar-refractivity contribution in [1.29, 1.82) is 0 Å². The first-order valence-electron chi connectivity index (χ1n) is 8.40. The normalized spacial score (nSPS) is 16.8. The number of rotatable bonds is 8. The average Bonchev–Trinajstić information content (AvgIpc) is 3.37. The highest BCUT2D eigenvalue weighted by molar-refractivity contribution is 6.17. The average molecular weight is 343 g/mol. The summed E-state index contributed by atoms with van der Waals surface area (Å²) in [6, 6.07) is 7.77. The van der Waals surface area contributed by atoms with Gasteiger partial charge in [0.2, 0.25) is 5.91 Å². The maximum atomic E-state index is 12.1. The maximum absolute atomic E-state index is 12.1. The van der Waals surface area contributed by atoms with E-state index in [0.29, 0.717) is 24.6 Å². The number of aliphatic hydroxyl groups excluding tert-OH is 1. The van der Waals surface area contributed by atoms with Crippen LogP contribution in [0, 0.1) is 0 Å². The van der Waals surface area contributed by atoms with Gasteiger partial charge >= 0.3 is 0 Å². The van der Waals surface area contributed by atoms with Crippen molar-refractivity contribution in [3.8, 4) is 0 Å². The Balaban J connectivity index is 1.52. The first-order chi connectivity index (χ1) is 12.1. The number of aliphatic hydroxyl groups is 1. The molecule has 0 spiro atoms. The predicted octanol–water partition coefficient (Wildman–Crippen LogP) is 0.555. The molecule has 0 radical (unpaired) electrons. The van der Waals surface area contributed by atoms with Crippen LogP contribution in [-0.2, 0) is 20.8 Å². The molecule has 2 aliphatic rings. The number of β-amino-alcohol motifs (C(OH)–C–C–N with tert-alkyl or cyclic N) is 1. The first-order valence-corrected chi connectivity index (χ1v) is 8.40. The van der Waals surface area contributed by atoms with Crippen LogP contribution in [-0.4, -0.2) is 46.9 Å². The van der Waals surface area contributed by atoms with E-state index in [1.807, 2.05) is 12.1 Å². The van der Waals surface area contributed by atoms with Crippen LogP contribution in [0.1, 0.15) is 24.8 Å². The molecule has 132 valence electrons. The van der Waals surface area contributed by atoms with Crippen molar-refractivity contribution >= 4 is 23.4 Å². The largest absolute Gasteiger partial charge is 0.395 e. The van der Waals surface area contributed by atoms with Crippen LogP contribution < -0.4 is 10.6 Å². The monoisotopic (exact) mass is 343 g/mol. The van der Waals surface area contributed by atoms with Crippen LogP contribution in [0.25, 0.3) is 0 Å². The number of anilines is 1. The summed E-state index contributed by atoms with van der Waals surface area (Å²) in [7, 11) is 0. The van der Waals surface area contributed by atoms with E-state index in [2.05, 4.69) is 10.6 Å². The number of hydrogen-bond donors (Lipinski definition) is 3. The number of carbonyl (C=O) groups is 3. The van der Waals surface area contributed by atoms with Crippen molar-refractivity contribution in [1.82, 2.24) is 10.2 Å². The highest BCUT2D eigenvalue weighted by atomic mass is 16.3. The van der Waals surface area contributed by atoms with Crippen molar-refractivity contribution in [2.45, 2.75) is 31.7 Å². The van der Waals surface area contributed by atoms with E-state index in [-0.39, 0.29) is 24.8 Å². The lowest BCUT2D eigenvalue weighted by Gasteiger charge is -2.13. The molecule has 1 aliphatic carbocycles. The zero-order chi connectivity index (χ0) is 17.8. The molecule has 7 heteroatoms. The van der Waals surface area contributed by atoms with Crippen molar-refractivity contribution in [2.75, 3.05) is 18.5 Å². The quantitative estimate of drug-likeness (QED) is 0.599. The van der Waals surface area contributed by atoms with E-state index in [1.54, 1.807) is 12.1 Å². The Labute approximate surface area is 145 Å². The van der Waals surface area contributed by atoms with Crippen molar-refractivity contribution in [2.24, 2.45) is 0 Å². The van der Waals surface area contributed by atoms with Gasteiger partial charge in [0.05, 0.1) is 13.2 Å². The molecule has 1 heterocycles. The van der Waals surface area contributed by atoms with Crippen molar-refractivity contribution in [3.05, 3.63) is 41.6 Å². The number of benzene rings is 1. The maximum Gasteiger partial charge on any atom is 0.277 e. The molecule has 3 N–H and O–H groups in total. The van der Waals surface area contributed by atoms with Gasteiger partial charge in [-0.25, -0.2) is 0 Å². The fourth-order valence-corrected chi connectivity index (χ4v) is 2.61. The van der Waals surface area contributed by atoms with Gasteiger partial charge in [-0.3, -0.25) is 19.3 Å². The van der Waals surface area contributed by atoms with E-state index in [1.165, 1.54) is 6.08 Å². The van der Waals surface area contributed by atoms with Crippen molar-refractivity contribution in [3.63, 3.8) is 0 Å². The number of hydrogen-bond acceptors (Lipinski definition) is 5. The van der Waals surface area contributed by atoms with Gasteiger partial charge in [-0.05, 0) is 37.0 Å². The molecule has 0 atom stereocenters. The van der Waals surface area contributed by atoms with Gasteiger partial charge in [0.25, 0.3) is 11.8 Å². The van der Waals surface area contributed by atoms with Crippen LogP contribution >= 0.6 is 0 Å². The van der Waals surface area contributed by atoms with Gasteiger partial charge in [0.1, 0.15) is 5.70 Å². The van der Waals surface area contributed by atoms with E-state index in [0.717, 1.165) is 23.3 Å². The molecule has 1 fully saturated rings. The molecule has 1 aromatic rings. The molecule has 3 rings (SSSR count). The summed E-state index contributed by atoms with van der Waals surface area (Å²) in [4.78, 5) is 36.5. The van der Waals surface area contributed by atoms with Crippen molar-refractivity contribution < 1.29 is 19.5 Å². The standard InChI is InChI=1S/C18H21N3O4/c22-10-9-21-17(24)11-15(18(21)25)19-13-4-1-12(2-5-13)3-8-16(23)20-14-6-7-14/h1-2,4-5,11,14,19,22H,3,6-10H2,(H,20,23). The molecule has 7 nitrogen and oxygen atoms in total. The number of amides is 3. The molecule has 0 unspecified atom stereocenters. The second kappa shape index (κ2) is 7.48. The number of imide groups is 1. The Morgan fingerprint density at radius 1 is 1.20 bits per heavy atom. The lowest BCUT2D eigenvalue weighted by Crippen LogP contribution is -2.34. The molecular weight excluding hydrogens is 322 g/mol. The first kappa shape index (κ1) is 17.2. The highest BCUT2D eigenvalue weighted by Gasteiger charge is 2.30. The summed E-state index contributed by atoms with van der Waals surface area (Å²) in [6.07, 6.45) is 4.51. The Kier molecular flexibility index (Phi) is 5.14. The van der Waals surface area contributed by atoms with Crippen LogP contribution in [0.2, 0.25) is 0 Å². The van der Waals surface area contributed by atoms with Crippen LogP contribution in [0.3, 0.4) is 0 Å². The zero-order valence-corrected chi connectivity index (χ0v) is 13.8. The van der Waals surface area contributed by atoms with Gasteiger partial charge in [-0.2, -0.15) is 0 Å². The summed E-state index contributed by atoms with van der Waals surface area (Å²) in [6.45, 7) is -0.275. The minimum absolute atomic E-state index is 0.0127. The van der Waals surface area contributed by atoms with E-state index < -0.39 is 11.8 Å².